The summed E-state index contributed by atoms with van der Waals surface area (Å²) in [6, 6.07) is 15.3. The normalized spacial score (nSPS) is 14.9. The summed E-state index contributed by atoms with van der Waals surface area (Å²) in [6.07, 6.45) is 6.32. The van der Waals surface area contributed by atoms with Crippen LogP contribution in [0, 0.1) is 18.8 Å². The molecule has 1 fully saturated rings. The van der Waals surface area contributed by atoms with Crippen LogP contribution in [-0.2, 0) is 6.54 Å². The van der Waals surface area contributed by atoms with Crippen LogP contribution in [0.15, 0.2) is 60.9 Å². The molecule has 0 radical (unpaired) electrons. The fourth-order valence-corrected chi connectivity index (χ4v) is 4.70. The van der Waals surface area contributed by atoms with Crippen LogP contribution in [0.2, 0.25) is 0 Å². The number of hydrogen-bond acceptors (Lipinski definition) is 5. The van der Waals surface area contributed by atoms with Crippen molar-refractivity contribution in [2.45, 2.75) is 32.7 Å². The van der Waals surface area contributed by atoms with Crippen LogP contribution < -0.4 is 5.32 Å². The van der Waals surface area contributed by atoms with Crippen molar-refractivity contribution in [2.75, 3.05) is 19.6 Å². The molecule has 0 spiro atoms. The summed E-state index contributed by atoms with van der Waals surface area (Å²) in [6.45, 7) is 5.69. The molecule has 1 aliphatic heterocycles. The van der Waals surface area contributed by atoms with Crippen molar-refractivity contribution in [1.29, 1.82) is 0 Å². The highest BCUT2D eigenvalue weighted by atomic mass is 19.1. The molecule has 1 aromatic carbocycles. The van der Waals surface area contributed by atoms with E-state index >= 15 is 0 Å². The number of aromatic nitrogens is 4. The first-order valence-corrected chi connectivity index (χ1v) is 12.1. The summed E-state index contributed by atoms with van der Waals surface area (Å²) in [4.78, 5) is 23.5. The number of hydrogen-bond donors (Lipinski definition) is 1. The molecule has 1 aliphatic rings. The number of halogens is 1. The lowest BCUT2D eigenvalue weighted by Crippen LogP contribution is -2.35. The van der Waals surface area contributed by atoms with Crippen LogP contribution >= 0.6 is 0 Å². The molecule has 0 aliphatic carbocycles. The number of nitrogens with zero attached hydrogens (tertiary/aromatic N) is 5. The molecule has 0 bridgehead atoms. The number of pyridine rings is 1. The van der Waals surface area contributed by atoms with Crippen LogP contribution in [-0.4, -0.2) is 50.0 Å². The van der Waals surface area contributed by atoms with Crippen molar-refractivity contribution in [3.8, 4) is 11.3 Å². The van der Waals surface area contributed by atoms with Gasteiger partial charge in [-0.1, -0.05) is 30.3 Å². The van der Waals surface area contributed by atoms with Gasteiger partial charge in [-0.15, -0.1) is 0 Å². The molecule has 0 unspecified atom stereocenters. The highest BCUT2D eigenvalue weighted by Gasteiger charge is 2.20. The van der Waals surface area contributed by atoms with Gasteiger partial charge in [0.1, 0.15) is 0 Å². The van der Waals surface area contributed by atoms with Gasteiger partial charge in [0.05, 0.1) is 17.0 Å². The number of amides is 1. The van der Waals surface area contributed by atoms with Crippen LogP contribution in [0.3, 0.4) is 0 Å². The predicted molar refractivity (Wildman–Crippen MR) is 132 cm³/mol. The minimum absolute atomic E-state index is 0.140. The molecule has 1 saturated heterocycles. The molecule has 35 heavy (non-hydrogen) atoms. The predicted octanol–water partition coefficient (Wildman–Crippen LogP) is 4.27. The Morgan fingerprint density at radius 3 is 2.63 bits per heavy atom. The lowest BCUT2D eigenvalue weighted by Gasteiger charge is -2.32. The number of aryl methyl sites for hydroxylation is 1. The van der Waals surface area contributed by atoms with Gasteiger partial charge in [0.25, 0.3) is 5.91 Å². The zero-order valence-corrected chi connectivity index (χ0v) is 19.8. The fourth-order valence-electron chi connectivity index (χ4n) is 4.70. The van der Waals surface area contributed by atoms with Crippen molar-refractivity contribution in [2.24, 2.45) is 5.92 Å². The third-order valence-corrected chi connectivity index (χ3v) is 6.79. The van der Waals surface area contributed by atoms with Crippen molar-refractivity contribution in [3.05, 3.63) is 83.7 Å². The van der Waals surface area contributed by atoms with E-state index in [0.29, 0.717) is 40.6 Å². The quantitative estimate of drug-likeness (QED) is 0.407. The molecule has 1 amide bonds. The summed E-state index contributed by atoms with van der Waals surface area (Å²) in [5, 5.41) is 7.62. The van der Waals surface area contributed by atoms with Crippen LogP contribution in [0.25, 0.3) is 16.9 Å². The smallest absolute Gasteiger partial charge is 0.254 e. The van der Waals surface area contributed by atoms with Gasteiger partial charge in [-0.05, 0) is 62.9 Å². The van der Waals surface area contributed by atoms with Gasteiger partial charge in [-0.2, -0.15) is 9.49 Å². The number of piperidine rings is 1. The van der Waals surface area contributed by atoms with Crippen LogP contribution in [0.4, 0.5) is 4.39 Å². The second-order valence-corrected chi connectivity index (χ2v) is 9.18. The molecule has 3 aromatic heterocycles. The molecule has 4 heterocycles. The molecule has 5 rings (SSSR count). The molecule has 0 saturated carbocycles. The number of rotatable bonds is 7. The summed E-state index contributed by atoms with van der Waals surface area (Å²) >= 11 is 0. The molecular weight excluding hydrogens is 443 g/mol. The monoisotopic (exact) mass is 472 g/mol. The molecule has 7 nitrogen and oxygen atoms in total. The van der Waals surface area contributed by atoms with E-state index in [-0.39, 0.29) is 5.91 Å². The molecule has 0 atom stereocenters. The van der Waals surface area contributed by atoms with E-state index in [1.807, 2.05) is 6.92 Å². The Hall–Kier alpha value is -3.65. The van der Waals surface area contributed by atoms with Gasteiger partial charge < -0.3 is 5.32 Å². The summed E-state index contributed by atoms with van der Waals surface area (Å²) in [7, 11) is 0. The van der Waals surface area contributed by atoms with Gasteiger partial charge in [-0.25, -0.2) is 14.5 Å². The highest BCUT2D eigenvalue weighted by Crippen LogP contribution is 2.22. The molecule has 8 heteroatoms. The van der Waals surface area contributed by atoms with Crippen LogP contribution in [0.1, 0.15) is 40.9 Å². The Morgan fingerprint density at radius 2 is 1.89 bits per heavy atom. The SMILES string of the molecule is Cc1c(C(=O)NCCC2CCN(Cc3ccccc3)CC2)cnc2cc(-c3ccc(F)nc3)nn12. The molecule has 4 aromatic rings. The third-order valence-electron chi connectivity index (χ3n) is 6.79. The van der Waals surface area contributed by atoms with Gasteiger partial charge in [0.15, 0.2) is 5.65 Å². The van der Waals surface area contributed by atoms with Crippen molar-refractivity contribution >= 4 is 11.6 Å². The summed E-state index contributed by atoms with van der Waals surface area (Å²) < 4.78 is 14.8. The number of benzene rings is 1. The average molecular weight is 473 g/mol. The second kappa shape index (κ2) is 10.3. The molecule has 180 valence electrons. The van der Waals surface area contributed by atoms with Crippen molar-refractivity contribution in [1.82, 2.24) is 29.8 Å². The van der Waals surface area contributed by atoms with E-state index in [0.717, 1.165) is 38.9 Å². The second-order valence-electron chi connectivity index (χ2n) is 9.18. The first-order chi connectivity index (χ1) is 17.1. The standard InChI is InChI=1S/C27H29FN6O/c1-19-23(17-31-26-15-24(32-34(19)26)22-7-8-25(28)30-16-22)27(35)29-12-9-20-10-13-33(14-11-20)18-21-5-3-2-4-6-21/h2-8,15-17,20H,9-14,18H2,1H3,(H,29,35). The van der Waals surface area contributed by atoms with Crippen LogP contribution in [0.5, 0.6) is 0 Å². The van der Waals surface area contributed by atoms with Gasteiger partial charge in [-0.3, -0.25) is 9.69 Å². The Balaban J connectivity index is 1.14. The Kier molecular flexibility index (Phi) is 6.81. The number of nitrogens with one attached hydrogen (secondary N) is 1. The Bertz CT molecular complexity index is 1300. The van der Waals surface area contributed by atoms with E-state index in [1.54, 1.807) is 22.8 Å². The summed E-state index contributed by atoms with van der Waals surface area (Å²) in [5.41, 5.74) is 4.52. The lowest BCUT2D eigenvalue weighted by molar-refractivity contribution is 0.0946. The average Bonchev–Trinajstić information content (AvgIpc) is 3.32. The maximum Gasteiger partial charge on any atom is 0.254 e. The lowest BCUT2D eigenvalue weighted by atomic mass is 9.93. The third kappa shape index (κ3) is 5.38. The zero-order valence-electron chi connectivity index (χ0n) is 19.8. The number of likely N-dealkylation sites (tertiary alicyclic amines) is 1. The molecular formula is C27H29FN6O. The zero-order chi connectivity index (χ0) is 24.2. The largest absolute Gasteiger partial charge is 0.352 e. The maximum absolute atomic E-state index is 13.1. The van der Waals surface area contributed by atoms with Gasteiger partial charge >= 0.3 is 0 Å². The van der Waals surface area contributed by atoms with E-state index < -0.39 is 5.95 Å². The minimum Gasteiger partial charge on any atom is -0.352 e. The first kappa shape index (κ1) is 23.1. The Labute approximate surface area is 204 Å². The number of carbonyl (C=O) groups is 1. The van der Waals surface area contributed by atoms with E-state index in [9.17, 15) is 9.18 Å². The maximum atomic E-state index is 13.1. The first-order valence-electron chi connectivity index (χ1n) is 12.1. The van der Waals surface area contributed by atoms with E-state index in [2.05, 4.69) is 55.6 Å². The van der Waals surface area contributed by atoms with Gasteiger partial charge in [0.2, 0.25) is 5.95 Å². The number of fused-ring (bicyclic) bond motifs is 1. The highest BCUT2D eigenvalue weighted by molar-refractivity contribution is 5.95. The van der Waals surface area contributed by atoms with E-state index in [4.69, 9.17) is 0 Å². The fraction of sp³-hybridized carbons (Fsp3) is 0.333. The minimum atomic E-state index is -0.538. The number of carbonyl (C=O) groups excluding carboxylic acids is 1. The van der Waals surface area contributed by atoms with Crippen molar-refractivity contribution < 1.29 is 9.18 Å². The Morgan fingerprint density at radius 1 is 1.09 bits per heavy atom. The van der Waals surface area contributed by atoms with Crippen molar-refractivity contribution in [3.63, 3.8) is 0 Å². The summed E-state index contributed by atoms with van der Waals surface area (Å²) in [5.74, 6) is -0.0514. The topological polar surface area (TPSA) is 75.4 Å². The van der Waals surface area contributed by atoms with E-state index in [1.165, 1.54) is 17.8 Å². The molecule has 1 N–H and O–H groups in total. The van der Waals surface area contributed by atoms with Gasteiger partial charge in [0, 0.05) is 37.1 Å².